The van der Waals surface area contributed by atoms with E-state index in [1.807, 2.05) is 0 Å². The van der Waals surface area contributed by atoms with Gasteiger partial charge in [-0.2, -0.15) is 0 Å². The normalized spacial score (nSPS) is 20.7. The van der Waals surface area contributed by atoms with Crippen LogP contribution in [0.1, 0.15) is 120 Å². The Balaban J connectivity index is 0.000000780. The molecule has 4 fully saturated rings. The van der Waals surface area contributed by atoms with Gasteiger partial charge in [0, 0.05) is 25.5 Å². The van der Waals surface area contributed by atoms with Gasteiger partial charge in [-0.15, -0.1) is 0 Å². The van der Waals surface area contributed by atoms with Gasteiger partial charge >= 0.3 is 0 Å². The Morgan fingerprint density at radius 1 is 0.812 bits per heavy atom. The lowest BCUT2D eigenvalue weighted by atomic mass is 9.83. The van der Waals surface area contributed by atoms with Gasteiger partial charge in [0.2, 0.25) is 23.5 Å². The number of carbonyl (C=O) groups excluding carboxylic acids is 6. The third kappa shape index (κ3) is 11.4. The number of rotatable bonds is 13. The Morgan fingerprint density at radius 2 is 1.48 bits per heavy atom. The number of aromatic nitrogens is 2. The zero-order valence-electron chi connectivity index (χ0n) is 28.3. The van der Waals surface area contributed by atoms with Crippen molar-refractivity contribution in [1.29, 1.82) is 0 Å². The van der Waals surface area contributed by atoms with Crippen LogP contribution in [0.3, 0.4) is 0 Å². The predicted molar refractivity (Wildman–Crippen MR) is 178 cm³/mol. The van der Waals surface area contributed by atoms with Crippen molar-refractivity contribution in [1.82, 2.24) is 36.1 Å². The van der Waals surface area contributed by atoms with Crippen molar-refractivity contribution in [3.05, 3.63) is 24.3 Å². The summed E-state index contributed by atoms with van der Waals surface area (Å²) in [7, 11) is 0. The Kier molecular flexibility index (Phi) is 14.8. The van der Waals surface area contributed by atoms with Crippen molar-refractivity contribution in [2.45, 2.75) is 128 Å². The molecule has 13 heteroatoms. The summed E-state index contributed by atoms with van der Waals surface area (Å²) in [6.45, 7) is 2.02. The van der Waals surface area contributed by atoms with Crippen LogP contribution >= 0.6 is 0 Å². The van der Waals surface area contributed by atoms with E-state index in [1.54, 1.807) is 6.92 Å². The van der Waals surface area contributed by atoms with Gasteiger partial charge in [-0.25, -0.2) is 4.98 Å². The van der Waals surface area contributed by atoms with Crippen molar-refractivity contribution in [3.8, 4) is 0 Å². The average Bonchev–Trinajstić information content (AvgIpc) is 3.81. The molecule has 48 heavy (non-hydrogen) atoms. The van der Waals surface area contributed by atoms with E-state index in [9.17, 15) is 28.8 Å². The molecule has 1 saturated heterocycles. The van der Waals surface area contributed by atoms with Crippen molar-refractivity contribution in [2.75, 3.05) is 19.6 Å². The number of nitrogens with zero attached hydrogens (tertiary/aromatic N) is 3. The first kappa shape index (κ1) is 36.9. The lowest BCUT2D eigenvalue weighted by Gasteiger charge is -2.35. The van der Waals surface area contributed by atoms with Crippen LogP contribution in [0.25, 0.3) is 0 Å². The van der Waals surface area contributed by atoms with E-state index in [4.69, 9.17) is 0 Å². The molecule has 264 valence electrons. The van der Waals surface area contributed by atoms with E-state index in [0.29, 0.717) is 32.4 Å². The molecule has 0 aromatic carbocycles. The number of carbonyl (C=O) groups is 6. The molecule has 1 aromatic heterocycles. The van der Waals surface area contributed by atoms with Gasteiger partial charge in [-0.05, 0) is 50.9 Å². The highest BCUT2D eigenvalue weighted by atomic mass is 16.2. The molecular weight excluding hydrogens is 614 g/mol. The van der Waals surface area contributed by atoms with Crippen LogP contribution in [-0.4, -0.2) is 87.9 Å². The van der Waals surface area contributed by atoms with E-state index in [1.165, 1.54) is 62.0 Å². The molecule has 3 aliphatic carbocycles. The summed E-state index contributed by atoms with van der Waals surface area (Å²) in [6, 6.07) is -2.60. The molecule has 1 aromatic rings. The summed E-state index contributed by atoms with van der Waals surface area (Å²) in [6.07, 6.45) is 20.8. The van der Waals surface area contributed by atoms with Crippen LogP contribution in [0.4, 0.5) is 0 Å². The maximum absolute atomic E-state index is 14.0. The van der Waals surface area contributed by atoms with Gasteiger partial charge in [0.15, 0.2) is 0 Å². The molecule has 5 amide bonds. The fourth-order valence-corrected chi connectivity index (χ4v) is 6.88. The zero-order valence-corrected chi connectivity index (χ0v) is 28.3. The number of hydrogen-bond donors (Lipinski definition) is 4. The average molecular weight is 668 g/mol. The Bertz CT molecular complexity index is 1240. The van der Waals surface area contributed by atoms with Gasteiger partial charge in [-0.3, -0.25) is 33.8 Å². The molecule has 3 saturated carbocycles. The smallest absolute Gasteiger partial charge is 0.289 e. The summed E-state index contributed by atoms with van der Waals surface area (Å²) < 4.78 is 0. The third-order valence-electron chi connectivity index (χ3n) is 9.71. The first-order valence-electron chi connectivity index (χ1n) is 18.0. The van der Waals surface area contributed by atoms with Crippen molar-refractivity contribution in [3.63, 3.8) is 0 Å². The van der Waals surface area contributed by atoms with E-state index < -0.39 is 47.5 Å². The summed E-state index contributed by atoms with van der Waals surface area (Å²) in [4.78, 5) is 87.0. The molecule has 4 N–H and O–H groups in total. The first-order chi connectivity index (χ1) is 23.3. The number of Topliss-reactive ketones (excluding diaryl/α,β-unsaturated/α-hetero) is 1. The van der Waals surface area contributed by atoms with Crippen molar-refractivity contribution < 1.29 is 28.8 Å². The van der Waals surface area contributed by atoms with Crippen LogP contribution in [0.5, 0.6) is 0 Å². The van der Waals surface area contributed by atoms with Crippen molar-refractivity contribution >= 4 is 35.3 Å². The van der Waals surface area contributed by atoms with E-state index in [-0.39, 0.29) is 30.0 Å². The standard InChI is InChI=1S/C29H41N7O6.C6H12/c1-2-31-28(41)25(38)20(15-18-10-11-18)34-27(40)22-9-6-14-36(22)29(42)24(19-7-4-3-5-8-19)35-23(37)17-33-26(39)21-16-30-12-13-32-21;1-2-4-6-5-3-1/h12-13,16,18-20,22,24H,2-11,14-15,17H2,1H3,(H,31,41)(H,33,39)(H,34,40)(H,35,37);1-6H2. The summed E-state index contributed by atoms with van der Waals surface area (Å²) in [5.41, 5.74) is 0.0711. The Morgan fingerprint density at radius 3 is 2.08 bits per heavy atom. The lowest BCUT2D eigenvalue weighted by Crippen LogP contribution is -2.58. The highest BCUT2D eigenvalue weighted by molar-refractivity contribution is 6.38. The van der Waals surface area contributed by atoms with Gasteiger partial charge in [-0.1, -0.05) is 70.6 Å². The highest BCUT2D eigenvalue weighted by Crippen LogP contribution is 2.34. The summed E-state index contributed by atoms with van der Waals surface area (Å²) in [5.74, 6) is -3.10. The minimum Gasteiger partial charge on any atom is -0.350 e. The molecule has 3 unspecified atom stereocenters. The largest absolute Gasteiger partial charge is 0.350 e. The number of amides is 5. The highest BCUT2D eigenvalue weighted by Gasteiger charge is 2.42. The SMILES string of the molecule is C1CCCCC1.CCNC(=O)C(=O)C(CC1CC1)NC(=O)C1CCCN1C(=O)C(NC(=O)CNC(=O)c1cnccn1)C1CCCCC1. The van der Waals surface area contributed by atoms with Crippen LogP contribution in [0.15, 0.2) is 18.6 Å². The first-order valence-corrected chi connectivity index (χ1v) is 18.0. The molecule has 0 bridgehead atoms. The van der Waals surface area contributed by atoms with Gasteiger partial charge < -0.3 is 26.2 Å². The van der Waals surface area contributed by atoms with E-state index in [0.717, 1.165) is 44.9 Å². The Hall–Kier alpha value is -3.90. The van der Waals surface area contributed by atoms with Crippen molar-refractivity contribution in [2.24, 2.45) is 11.8 Å². The quantitative estimate of drug-likeness (QED) is 0.232. The molecule has 2 heterocycles. The number of likely N-dealkylation sites (tertiary alicyclic amines) is 1. The molecule has 5 rings (SSSR count). The molecule has 0 spiro atoms. The molecule has 0 radical (unpaired) electrons. The zero-order chi connectivity index (χ0) is 34.3. The second kappa shape index (κ2) is 19.2. The fraction of sp³-hybridized carbons (Fsp3) is 0.714. The molecule has 4 aliphatic rings. The topological polar surface area (TPSA) is 180 Å². The van der Waals surface area contributed by atoms with Gasteiger partial charge in [0.1, 0.15) is 17.8 Å². The minimum atomic E-state index is -0.944. The molecule has 13 nitrogen and oxygen atoms in total. The number of likely N-dealkylation sites (N-methyl/N-ethyl adjacent to an activating group) is 1. The molecule has 1 aliphatic heterocycles. The fourth-order valence-electron chi connectivity index (χ4n) is 6.88. The summed E-state index contributed by atoms with van der Waals surface area (Å²) in [5, 5.41) is 10.6. The van der Waals surface area contributed by atoms with Gasteiger partial charge in [0.25, 0.3) is 11.8 Å². The van der Waals surface area contributed by atoms with Crippen LogP contribution in [0, 0.1) is 11.8 Å². The van der Waals surface area contributed by atoms with Crippen LogP contribution in [-0.2, 0) is 24.0 Å². The molecule has 3 atom stereocenters. The minimum absolute atomic E-state index is 0.0711. The van der Waals surface area contributed by atoms with Crippen LogP contribution < -0.4 is 21.3 Å². The summed E-state index contributed by atoms with van der Waals surface area (Å²) >= 11 is 0. The maximum atomic E-state index is 14.0. The number of ketones is 1. The monoisotopic (exact) mass is 667 g/mol. The van der Waals surface area contributed by atoms with E-state index in [2.05, 4.69) is 31.2 Å². The Labute approximate surface area is 283 Å². The number of hydrogen-bond acceptors (Lipinski definition) is 8. The van der Waals surface area contributed by atoms with Crippen LogP contribution in [0.2, 0.25) is 0 Å². The molecular formula is C35H53N7O6. The second-order valence-electron chi connectivity index (χ2n) is 13.5. The third-order valence-corrected chi connectivity index (χ3v) is 9.71. The van der Waals surface area contributed by atoms with E-state index >= 15 is 0 Å². The van der Waals surface area contributed by atoms with Gasteiger partial charge in [0.05, 0.1) is 18.8 Å². The lowest BCUT2D eigenvalue weighted by molar-refractivity contribution is -0.144. The second-order valence-corrected chi connectivity index (χ2v) is 13.5. The number of nitrogens with one attached hydrogen (secondary N) is 4. The predicted octanol–water partition coefficient (Wildman–Crippen LogP) is 2.59. The maximum Gasteiger partial charge on any atom is 0.289 e.